The highest BCUT2D eigenvalue weighted by Crippen LogP contribution is 2.09. The Morgan fingerprint density at radius 3 is 2.31 bits per heavy atom. The van der Waals surface area contributed by atoms with E-state index in [1.54, 1.807) is 24.3 Å². The summed E-state index contributed by atoms with van der Waals surface area (Å²) in [5.74, 6) is -2.07. The lowest BCUT2D eigenvalue weighted by atomic mass is 10.0. The Morgan fingerprint density at radius 1 is 1.04 bits per heavy atom. The first-order valence-corrected chi connectivity index (χ1v) is 7.94. The van der Waals surface area contributed by atoms with E-state index in [2.05, 4.69) is 5.32 Å². The molecule has 0 fully saturated rings. The molecule has 2 aromatic rings. The zero-order chi connectivity index (χ0) is 18.9. The second-order valence-corrected chi connectivity index (χ2v) is 5.57. The second kappa shape index (κ2) is 9.31. The predicted octanol–water partition coefficient (Wildman–Crippen LogP) is 3.17. The minimum atomic E-state index is -1.27. The van der Waals surface area contributed by atoms with Crippen LogP contribution >= 0.6 is 0 Å². The van der Waals surface area contributed by atoms with Gasteiger partial charge in [0.05, 0.1) is 0 Å². The summed E-state index contributed by atoms with van der Waals surface area (Å²) >= 11 is 0. The number of carbonyl (C=O) groups excluding carboxylic acids is 2. The lowest BCUT2D eigenvalue weighted by molar-refractivity contribution is -0.139. The zero-order valence-corrected chi connectivity index (χ0v) is 13.9. The largest absolute Gasteiger partial charge is 0.480 e. The maximum absolute atomic E-state index is 12.9. The van der Waals surface area contributed by atoms with Crippen molar-refractivity contribution < 1.29 is 28.6 Å². The highest BCUT2D eigenvalue weighted by Gasteiger charge is 2.22. The van der Waals surface area contributed by atoms with Crippen LogP contribution in [0.3, 0.4) is 0 Å². The van der Waals surface area contributed by atoms with Gasteiger partial charge in [-0.25, -0.2) is 14.0 Å². The summed E-state index contributed by atoms with van der Waals surface area (Å²) in [4.78, 5) is 35.1. The van der Waals surface area contributed by atoms with Gasteiger partial charge in [-0.2, -0.15) is 0 Å². The third-order valence-corrected chi connectivity index (χ3v) is 3.63. The first-order chi connectivity index (χ1) is 12.5. The van der Waals surface area contributed by atoms with E-state index in [4.69, 9.17) is 4.74 Å². The van der Waals surface area contributed by atoms with Crippen LogP contribution in [-0.2, 0) is 16.1 Å². The van der Waals surface area contributed by atoms with Crippen LogP contribution in [0.5, 0.6) is 0 Å². The summed E-state index contributed by atoms with van der Waals surface area (Å²) in [5, 5.41) is 11.4. The molecule has 1 amide bonds. The quantitative estimate of drug-likeness (QED) is 0.706. The van der Waals surface area contributed by atoms with Gasteiger partial charge in [-0.05, 0) is 36.2 Å². The summed E-state index contributed by atoms with van der Waals surface area (Å²) < 4.78 is 17.8. The Bertz CT molecular complexity index is 761. The van der Waals surface area contributed by atoms with Crippen LogP contribution in [0.1, 0.15) is 28.8 Å². The van der Waals surface area contributed by atoms with Gasteiger partial charge in [0.15, 0.2) is 5.78 Å². The molecule has 2 aromatic carbocycles. The summed E-state index contributed by atoms with van der Waals surface area (Å²) in [6.45, 7) is 0.00746. The van der Waals surface area contributed by atoms with Gasteiger partial charge in [-0.15, -0.1) is 0 Å². The SMILES string of the molecule is O=C(NC(CCC(=O)c1ccc(F)cc1)C(=O)O)OCc1ccccc1. The molecule has 0 saturated carbocycles. The number of ketones is 1. The van der Waals surface area contributed by atoms with Gasteiger partial charge in [-0.1, -0.05) is 30.3 Å². The minimum absolute atomic E-state index is 0.00746. The van der Waals surface area contributed by atoms with Crippen LogP contribution in [0.4, 0.5) is 9.18 Å². The number of rotatable bonds is 8. The van der Waals surface area contributed by atoms with Crippen molar-refractivity contribution in [1.82, 2.24) is 5.32 Å². The van der Waals surface area contributed by atoms with E-state index in [-0.39, 0.29) is 30.8 Å². The van der Waals surface area contributed by atoms with Gasteiger partial charge in [0, 0.05) is 12.0 Å². The van der Waals surface area contributed by atoms with Gasteiger partial charge in [-0.3, -0.25) is 4.79 Å². The Morgan fingerprint density at radius 2 is 1.69 bits per heavy atom. The molecule has 6 nitrogen and oxygen atoms in total. The number of amides is 1. The van der Waals surface area contributed by atoms with Crippen molar-refractivity contribution in [3.63, 3.8) is 0 Å². The number of aliphatic carboxylic acids is 1. The van der Waals surface area contributed by atoms with Crippen molar-refractivity contribution in [2.45, 2.75) is 25.5 Å². The molecule has 2 rings (SSSR count). The van der Waals surface area contributed by atoms with Crippen molar-refractivity contribution in [3.05, 3.63) is 71.5 Å². The number of halogens is 1. The molecule has 0 aliphatic heterocycles. The molecule has 136 valence electrons. The van der Waals surface area contributed by atoms with Crippen molar-refractivity contribution in [3.8, 4) is 0 Å². The van der Waals surface area contributed by atoms with Gasteiger partial charge < -0.3 is 15.2 Å². The molecule has 0 saturated heterocycles. The lowest BCUT2D eigenvalue weighted by Gasteiger charge is -2.14. The maximum atomic E-state index is 12.9. The first kappa shape index (κ1) is 19.1. The number of carboxylic acid groups (broad SMARTS) is 1. The third-order valence-electron chi connectivity index (χ3n) is 3.63. The number of hydrogen-bond donors (Lipinski definition) is 2. The molecule has 0 aromatic heterocycles. The van der Waals surface area contributed by atoms with E-state index in [9.17, 15) is 23.9 Å². The molecular formula is C19H18FNO5. The molecule has 0 radical (unpaired) electrons. The van der Waals surface area contributed by atoms with Gasteiger partial charge in [0.25, 0.3) is 0 Å². The standard InChI is InChI=1S/C19H18FNO5/c20-15-8-6-14(7-9-15)17(22)11-10-16(18(23)24)21-19(25)26-12-13-4-2-1-3-5-13/h1-9,16H,10-12H2,(H,21,25)(H,23,24). The van der Waals surface area contributed by atoms with Gasteiger partial charge in [0.1, 0.15) is 18.5 Å². The number of carbonyl (C=O) groups is 3. The highest BCUT2D eigenvalue weighted by atomic mass is 19.1. The molecule has 0 aliphatic carbocycles. The Balaban J connectivity index is 1.84. The number of carboxylic acids is 1. The monoisotopic (exact) mass is 359 g/mol. The lowest BCUT2D eigenvalue weighted by Crippen LogP contribution is -2.41. The summed E-state index contributed by atoms with van der Waals surface area (Å²) in [5.41, 5.74) is 1.04. The van der Waals surface area contributed by atoms with E-state index in [0.29, 0.717) is 0 Å². The van der Waals surface area contributed by atoms with E-state index < -0.39 is 23.9 Å². The Hall–Kier alpha value is -3.22. The Labute approximate surface area is 149 Å². The highest BCUT2D eigenvalue weighted by molar-refractivity contribution is 5.96. The number of alkyl carbamates (subject to hydrolysis) is 1. The van der Waals surface area contributed by atoms with Crippen LogP contribution in [-0.4, -0.2) is 29.0 Å². The number of ether oxygens (including phenoxy) is 1. The number of Topliss-reactive ketones (excluding diaryl/α,β-unsaturated/α-hetero) is 1. The molecule has 1 unspecified atom stereocenters. The van der Waals surface area contributed by atoms with Crippen LogP contribution < -0.4 is 5.32 Å². The molecule has 7 heteroatoms. The molecule has 2 N–H and O–H groups in total. The van der Waals surface area contributed by atoms with Gasteiger partial charge >= 0.3 is 12.1 Å². The summed E-state index contributed by atoms with van der Waals surface area (Å²) in [6.07, 6.45) is -1.09. The fraction of sp³-hybridized carbons (Fsp3) is 0.211. The normalized spacial score (nSPS) is 11.4. The number of nitrogens with one attached hydrogen (secondary N) is 1. The fourth-order valence-corrected chi connectivity index (χ4v) is 2.22. The fourth-order valence-electron chi connectivity index (χ4n) is 2.22. The maximum Gasteiger partial charge on any atom is 0.408 e. The van der Waals surface area contributed by atoms with Crippen molar-refractivity contribution in [2.24, 2.45) is 0 Å². The Kier molecular flexibility index (Phi) is 6.84. The molecular weight excluding hydrogens is 341 g/mol. The molecule has 26 heavy (non-hydrogen) atoms. The van der Waals surface area contributed by atoms with E-state index in [0.717, 1.165) is 17.7 Å². The van der Waals surface area contributed by atoms with Crippen LogP contribution in [0.15, 0.2) is 54.6 Å². The van der Waals surface area contributed by atoms with Crippen LogP contribution in [0, 0.1) is 5.82 Å². The predicted molar refractivity (Wildman–Crippen MR) is 91.2 cm³/mol. The van der Waals surface area contributed by atoms with Crippen molar-refractivity contribution in [1.29, 1.82) is 0 Å². The topological polar surface area (TPSA) is 92.7 Å². The van der Waals surface area contributed by atoms with Crippen molar-refractivity contribution in [2.75, 3.05) is 0 Å². The van der Waals surface area contributed by atoms with Crippen LogP contribution in [0.2, 0.25) is 0 Å². The summed E-state index contributed by atoms with van der Waals surface area (Å²) in [7, 11) is 0. The van der Waals surface area contributed by atoms with E-state index in [1.807, 2.05) is 6.07 Å². The average molecular weight is 359 g/mol. The summed E-state index contributed by atoms with van der Waals surface area (Å²) in [6, 6.07) is 12.6. The third kappa shape index (κ3) is 6.01. The molecule has 1 atom stereocenters. The molecule has 0 aliphatic rings. The van der Waals surface area contributed by atoms with Crippen LogP contribution in [0.25, 0.3) is 0 Å². The first-order valence-electron chi connectivity index (χ1n) is 7.94. The second-order valence-electron chi connectivity index (χ2n) is 5.57. The average Bonchev–Trinajstić information content (AvgIpc) is 2.64. The van der Waals surface area contributed by atoms with Crippen molar-refractivity contribution >= 4 is 17.8 Å². The minimum Gasteiger partial charge on any atom is -0.480 e. The number of benzene rings is 2. The van der Waals surface area contributed by atoms with E-state index in [1.165, 1.54) is 12.1 Å². The molecule has 0 bridgehead atoms. The molecule has 0 spiro atoms. The van der Waals surface area contributed by atoms with Gasteiger partial charge in [0.2, 0.25) is 0 Å². The number of hydrogen-bond acceptors (Lipinski definition) is 4. The zero-order valence-electron chi connectivity index (χ0n) is 13.9. The van der Waals surface area contributed by atoms with E-state index >= 15 is 0 Å². The molecule has 0 heterocycles. The smallest absolute Gasteiger partial charge is 0.408 e.